The maximum absolute atomic E-state index is 11.3. The topological polar surface area (TPSA) is 64.3 Å². The monoisotopic (exact) mass is 222 g/mol. The van der Waals surface area contributed by atoms with Gasteiger partial charge in [0.25, 0.3) is 5.91 Å². The summed E-state index contributed by atoms with van der Waals surface area (Å²) < 4.78 is 5.32. The van der Waals surface area contributed by atoms with E-state index in [-0.39, 0.29) is 18.6 Å². The molecule has 16 heavy (non-hydrogen) atoms. The normalized spacial score (nSPS) is 10.2. The lowest BCUT2D eigenvalue weighted by atomic mass is 10.2. The van der Waals surface area contributed by atoms with Crippen LogP contribution in [0.15, 0.2) is 24.3 Å². The highest BCUT2D eigenvalue weighted by Crippen LogP contribution is 2.11. The second-order valence-electron chi connectivity index (χ2n) is 3.86. The maximum Gasteiger partial charge on any atom is 0.258 e. The van der Waals surface area contributed by atoms with Crippen molar-refractivity contribution in [1.29, 1.82) is 0 Å². The summed E-state index contributed by atoms with van der Waals surface area (Å²) in [5.41, 5.74) is 6.51. The van der Waals surface area contributed by atoms with Crippen molar-refractivity contribution < 1.29 is 9.53 Å². The zero-order valence-corrected chi connectivity index (χ0v) is 9.69. The Morgan fingerprint density at radius 3 is 2.50 bits per heavy atom. The van der Waals surface area contributed by atoms with E-state index in [1.165, 1.54) is 0 Å². The molecule has 0 aliphatic heterocycles. The van der Waals surface area contributed by atoms with Gasteiger partial charge in [0.2, 0.25) is 0 Å². The van der Waals surface area contributed by atoms with Crippen molar-refractivity contribution in [2.24, 2.45) is 5.73 Å². The molecule has 0 spiro atoms. The molecule has 0 aromatic heterocycles. The van der Waals surface area contributed by atoms with Gasteiger partial charge in [-0.1, -0.05) is 12.1 Å². The zero-order valence-electron chi connectivity index (χ0n) is 9.69. The van der Waals surface area contributed by atoms with Gasteiger partial charge in [-0.05, 0) is 31.5 Å². The van der Waals surface area contributed by atoms with Crippen molar-refractivity contribution in [3.63, 3.8) is 0 Å². The first kappa shape index (κ1) is 12.5. The Morgan fingerprint density at radius 1 is 1.38 bits per heavy atom. The largest absolute Gasteiger partial charge is 0.484 e. The smallest absolute Gasteiger partial charge is 0.258 e. The Morgan fingerprint density at radius 2 is 2.00 bits per heavy atom. The molecule has 4 nitrogen and oxygen atoms in total. The molecule has 0 aliphatic carbocycles. The van der Waals surface area contributed by atoms with Crippen molar-refractivity contribution in [2.75, 3.05) is 6.61 Å². The number of benzene rings is 1. The molecule has 0 fully saturated rings. The van der Waals surface area contributed by atoms with Crippen LogP contribution in [-0.4, -0.2) is 18.6 Å². The van der Waals surface area contributed by atoms with E-state index >= 15 is 0 Å². The average Bonchev–Trinajstić information content (AvgIpc) is 2.26. The highest BCUT2D eigenvalue weighted by molar-refractivity contribution is 5.77. The second-order valence-corrected chi connectivity index (χ2v) is 3.86. The van der Waals surface area contributed by atoms with Crippen molar-refractivity contribution in [3.8, 4) is 5.75 Å². The number of amides is 1. The Labute approximate surface area is 95.8 Å². The van der Waals surface area contributed by atoms with Crippen LogP contribution in [0.4, 0.5) is 0 Å². The van der Waals surface area contributed by atoms with Crippen molar-refractivity contribution >= 4 is 5.91 Å². The van der Waals surface area contributed by atoms with Crippen LogP contribution in [0.5, 0.6) is 5.75 Å². The van der Waals surface area contributed by atoms with Crippen LogP contribution in [0.1, 0.15) is 19.4 Å². The molecule has 1 aromatic carbocycles. The molecule has 0 bridgehead atoms. The number of carbonyl (C=O) groups is 1. The SMILES string of the molecule is CC(C)NC(=O)COc1ccc(CN)cc1. The number of ether oxygens (including phenoxy) is 1. The standard InChI is InChI=1S/C12H18N2O2/c1-9(2)14-12(15)8-16-11-5-3-10(7-13)4-6-11/h3-6,9H,7-8,13H2,1-2H3,(H,14,15). The first-order chi connectivity index (χ1) is 7.61. The van der Waals surface area contributed by atoms with Gasteiger partial charge in [0.15, 0.2) is 6.61 Å². The van der Waals surface area contributed by atoms with Crippen LogP contribution in [0.2, 0.25) is 0 Å². The van der Waals surface area contributed by atoms with E-state index in [0.29, 0.717) is 12.3 Å². The Bertz CT molecular complexity index is 333. The molecule has 3 N–H and O–H groups in total. The predicted octanol–water partition coefficient (Wildman–Crippen LogP) is 1.05. The third-order valence-electron chi connectivity index (χ3n) is 1.98. The molecule has 1 aromatic rings. The molecule has 0 radical (unpaired) electrons. The van der Waals surface area contributed by atoms with Crippen LogP contribution in [-0.2, 0) is 11.3 Å². The average molecular weight is 222 g/mol. The molecule has 0 saturated heterocycles. The number of nitrogens with two attached hydrogens (primary N) is 1. The highest BCUT2D eigenvalue weighted by atomic mass is 16.5. The van der Waals surface area contributed by atoms with Gasteiger partial charge in [0.05, 0.1) is 0 Å². The summed E-state index contributed by atoms with van der Waals surface area (Å²) >= 11 is 0. The summed E-state index contributed by atoms with van der Waals surface area (Å²) in [7, 11) is 0. The van der Waals surface area contributed by atoms with E-state index in [2.05, 4.69) is 5.32 Å². The van der Waals surface area contributed by atoms with E-state index in [1.807, 2.05) is 38.1 Å². The zero-order chi connectivity index (χ0) is 12.0. The van der Waals surface area contributed by atoms with Crippen LogP contribution >= 0.6 is 0 Å². The predicted molar refractivity (Wildman–Crippen MR) is 63.1 cm³/mol. The molecule has 1 rings (SSSR count). The van der Waals surface area contributed by atoms with Gasteiger partial charge in [-0.15, -0.1) is 0 Å². The summed E-state index contributed by atoms with van der Waals surface area (Å²) in [5, 5.41) is 2.75. The molecule has 4 heteroatoms. The molecule has 0 atom stereocenters. The molecular formula is C12H18N2O2. The molecule has 0 unspecified atom stereocenters. The number of hydrogen-bond donors (Lipinski definition) is 2. The van der Waals surface area contributed by atoms with E-state index in [1.54, 1.807) is 0 Å². The minimum Gasteiger partial charge on any atom is -0.484 e. The fourth-order valence-corrected chi connectivity index (χ4v) is 1.23. The summed E-state index contributed by atoms with van der Waals surface area (Å²) in [6.07, 6.45) is 0. The van der Waals surface area contributed by atoms with Gasteiger partial charge in [-0.25, -0.2) is 0 Å². The van der Waals surface area contributed by atoms with E-state index in [4.69, 9.17) is 10.5 Å². The summed E-state index contributed by atoms with van der Waals surface area (Å²) in [4.78, 5) is 11.3. The Kier molecular flexibility index (Phi) is 4.79. The number of hydrogen-bond acceptors (Lipinski definition) is 3. The molecule has 0 heterocycles. The summed E-state index contributed by atoms with van der Waals surface area (Å²) in [6.45, 7) is 4.37. The third kappa shape index (κ3) is 4.31. The van der Waals surface area contributed by atoms with Crippen LogP contribution in [0.3, 0.4) is 0 Å². The lowest BCUT2D eigenvalue weighted by molar-refractivity contribution is -0.123. The summed E-state index contributed by atoms with van der Waals surface area (Å²) in [5.74, 6) is 0.564. The number of rotatable bonds is 5. The maximum atomic E-state index is 11.3. The molecule has 88 valence electrons. The van der Waals surface area contributed by atoms with Crippen LogP contribution in [0.25, 0.3) is 0 Å². The Hall–Kier alpha value is -1.55. The fourth-order valence-electron chi connectivity index (χ4n) is 1.23. The molecular weight excluding hydrogens is 204 g/mol. The first-order valence-corrected chi connectivity index (χ1v) is 5.33. The first-order valence-electron chi connectivity index (χ1n) is 5.33. The van der Waals surface area contributed by atoms with Gasteiger partial charge in [0, 0.05) is 12.6 Å². The van der Waals surface area contributed by atoms with Crippen molar-refractivity contribution in [1.82, 2.24) is 5.32 Å². The van der Waals surface area contributed by atoms with Gasteiger partial charge in [-0.3, -0.25) is 4.79 Å². The lowest BCUT2D eigenvalue weighted by Crippen LogP contribution is -2.34. The summed E-state index contributed by atoms with van der Waals surface area (Å²) in [6, 6.07) is 7.52. The highest BCUT2D eigenvalue weighted by Gasteiger charge is 2.03. The Balaban J connectivity index is 2.39. The minimum atomic E-state index is -0.113. The number of carbonyl (C=O) groups excluding carboxylic acids is 1. The van der Waals surface area contributed by atoms with Gasteiger partial charge < -0.3 is 15.8 Å². The van der Waals surface area contributed by atoms with E-state index in [9.17, 15) is 4.79 Å². The van der Waals surface area contributed by atoms with Crippen LogP contribution < -0.4 is 15.8 Å². The quantitative estimate of drug-likeness (QED) is 0.782. The van der Waals surface area contributed by atoms with E-state index in [0.717, 1.165) is 5.56 Å². The molecule has 0 aliphatic rings. The van der Waals surface area contributed by atoms with E-state index < -0.39 is 0 Å². The van der Waals surface area contributed by atoms with Gasteiger partial charge in [0.1, 0.15) is 5.75 Å². The molecule has 1 amide bonds. The fraction of sp³-hybridized carbons (Fsp3) is 0.417. The molecule has 0 saturated carbocycles. The van der Waals surface area contributed by atoms with Crippen molar-refractivity contribution in [2.45, 2.75) is 26.4 Å². The van der Waals surface area contributed by atoms with Crippen molar-refractivity contribution in [3.05, 3.63) is 29.8 Å². The van der Waals surface area contributed by atoms with Gasteiger partial charge >= 0.3 is 0 Å². The lowest BCUT2D eigenvalue weighted by Gasteiger charge is -2.09. The minimum absolute atomic E-state index is 0.0418. The second kappa shape index (κ2) is 6.12. The van der Waals surface area contributed by atoms with Crippen LogP contribution in [0, 0.1) is 0 Å². The third-order valence-corrected chi connectivity index (χ3v) is 1.98. The van der Waals surface area contributed by atoms with Gasteiger partial charge in [-0.2, -0.15) is 0 Å². The number of nitrogens with one attached hydrogen (secondary N) is 1.